The fraction of sp³-hybridized carbons (Fsp3) is 0.150. The standard InChI is InChI=1S/C20H18ClN3O2S/c1-25-14-4-6-15(19(9-14)26-2)18-8-13(23-24-18)11-27-20-10-22-17-7-12(21)3-5-16(17)20/h3-10,22H,11H2,1-2H3,(H,23,24). The van der Waals surface area contributed by atoms with Crippen LogP contribution in [-0.4, -0.2) is 29.4 Å². The van der Waals surface area contributed by atoms with Crippen LogP contribution in [0.5, 0.6) is 11.5 Å². The van der Waals surface area contributed by atoms with Gasteiger partial charge < -0.3 is 14.5 Å². The molecule has 4 aromatic rings. The Bertz CT molecular complexity index is 1090. The van der Waals surface area contributed by atoms with Gasteiger partial charge in [0.1, 0.15) is 11.5 Å². The molecular formula is C20H18ClN3O2S. The van der Waals surface area contributed by atoms with E-state index in [9.17, 15) is 0 Å². The van der Waals surface area contributed by atoms with Crippen molar-refractivity contribution in [1.82, 2.24) is 15.2 Å². The second-order valence-electron chi connectivity index (χ2n) is 5.97. The van der Waals surface area contributed by atoms with Crippen molar-refractivity contribution in [1.29, 1.82) is 0 Å². The normalized spacial score (nSPS) is 11.1. The van der Waals surface area contributed by atoms with Crippen molar-refractivity contribution < 1.29 is 9.47 Å². The van der Waals surface area contributed by atoms with Gasteiger partial charge in [-0.05, 0) is 30.3 Å². The molecule has 7 heteroatoms. The first-order valence-electron chi connectivity index (χ1n) is 8.34. The number of aromatic amines is 2. The topological polar surface area (TPSA) is 62.9 Å². The van der Waals surface area contributed by atoms with Crippen LogP contribution in [0.4, 0.5) is 0 Å². The molecule has 0 spiro atoms. The molecule has 4 rings (SSSR count). The van der Waals surface area contributed by atoms with Crippen LogP contribution in [0.15, 0.2) is 53.6 Å². The van der Waals surface area contributed by atoms with Gasteiger partial charge in [0.25, 0.3) is 0 Å². The molecular weight excluding hydrogens is 382 g/mol. The second-order valence-corrected chi connectivity index (χ2v) is 7.42. The molecule has 0 aliphatic heterocycles. The zero-order valence-electron chi connectivity index (χ0n) is 14.9. The average molecular weight is 400 g/mol. The smallest absolute Gasteiger partial charge is 0.131 e. The van der Waals surface area contributed by atoms with Crippen LogP contribution in [0.3, 0.4) is 0 Å². The number of hydrogen-bond acceptors (Lipinski definition) is 4. The van der Waals surface area contributed by atoms with Crippen molar-refractivity contribution in [3.8, 4) is 22.8 Å². The van der Waals surface area contributed by atoms with Gasteiger partial charge in [0.15, 0.2) is 0 Å². The van der Waals surface area contributed by atoms with Gasteiger partial charge in [0, 0.05) is 44.4 Å². The van der Waals surface area contributed by atoms with Gasteiger partial charge in [-0.1, -0.05) is 17.7 Å². The number of H-pyrrole nitrogens is 2. The van der Waals surface area contributed by atoms with E-state index in [0.717, 1.165) is 50.1 Å². The number of halogens is 1. The zero-order chi connectivity index (χ0) is 18.8. The predicted octanol–water partition coefficient (Wildman–Crippen LogP) is 5.52. The molecule has 27 heavy (non-hydrogen) atoms. The summed E-state index contributed by atoms with van der Waals surface area (Å²) in [6.45, 7) is 0. The Kier molecular flexibility index (Phi) is 5.01. The fourth-order valence-corrected chi connectivity index (χ4v) is 4.04. The number of methoxy groups -OCH3 is 2. The fourth-order valence-electron chi connectivity index (χ4n) is 2.94. The zero-order valence-corrected chi connectivity index (χ0v) is 16.4. The lowest BCUT2D eigenvalue weighted by Gasteiger charge is -2.08. The van der Waals surface area contributed by atoms with Crippen molar-refractivity contribution in [3.05, 3.63) is 59.4 Å². The molecule has 2 aromatic carbocycles. The maximum Gasteiger partial charge on any atom is 0.131 e. The highest BCUT2D eigenvalue weighted by Gasteiger charge is 2.12. The van der Waals surface area contributed by atoms with Crippen molar-refractivity contribution in [2.45, 2.75) is 10.6 Å². The Labute approximate surface area is 166 Å². The predicted molar refractivity (Wildman–Crippen MR) is 110 cm³/mol. The average Bonchev–Trinajstić information content (AvgIpc) is 3.32. The van der Waals surface area contributed by atoms with E-state index in [1.807, 2.05) is 48.7 Å². The second kappa shape index (κ2) is 7.58. The SMILES string of the molecule is COc1ccc(-c2cc(CSc3c[nH]c4cc(Cl)ccc34)n[nH]2)c(OC)c1. The number of thioether (sulfide) groups is 1. The maximum atomic E-state index is 6.05. The third kappa shape index (κ3) is 3.63. The summed E-state index contributed by atoms with van der Waals surface area (Å²) < 4.78 is 10.7. The van der Waals surface area contributed by atoms with Crippen LogP contribution >= 0.6 is 23.4 Å². The number of benzene rings is 2. The molecule has 2 heterocycles. The minimum atomic E-state index is 0.728. The number of nitrogens with one attached hydrogen (secondary N) is 2. The minimum Gasteiger partial charge on any atom is -0.497 e. The Morgan fingerprint density at radius 2 is 1.96 bits per heavy atom. The van der Waals surface area contributed by atoms with Gasteiger partial charge in [-0.3, -0.25) is 5.10 Å². The monoisotopic (exact) mass is 399 g/mol. The Hall–Kier alpha value is -2.57. The molecule has 2 aromatic heterocycles. The van der Waals surface area contributed by atoms with Crippen molar-refractivity contribution >= 4 is 34.3 Å². The summed E-state index contributed by atoms with van der Waals surface area (Å²) in [5, 5.41) is 9.43. The first-order chi connectivity index (χ1) is 13.2. The van der Waals surface area contributed by atoms with Crippen LogP contribution < -0.4 is 9.47 Å². The highest BCUT2D eigenvalue weighted by molar-refractivity contribution is 7.98. The van der Waals surface area contributed by atoms with Gasteiger partial charge in [0.05, 0.1) is 25.6 Å². The molecule has 0 saturated heterocycles. The summed E-state index contributed by atoms with van der Waals surface area (Å²) >= 11 is 7.78. The number of aromatic nitrogens is 3. The van der Waals surface area contributed by atoms with Gasteiger partial charge >= 0.3 is 0 Å². The molecule has 0 aliphatic carbocycles. The quantitative estimate of drug-likeness (QED) is 0.419. The summed E-state index contributed by atoms with van der Waals surface area (Å²) in [6, 6.07) is 13.7. The van der Waals surface area contributed by atoms with Crippen LogP contribution in [0.2, 0.25) is 5.02 Å². The Balaban J connectivity index is 1.53. The van der Waals surface area contributed by atoms with Crippen LogP contribution in [0.1, 0.15) is 5.69 Å². The number of ether oxygens (including phenoxy) is 2. The molecule has 2 N–H and O–H groups in total. The lowest BCUT2D eigenvalue weighted by Crippen LogP contribution is -1.90. The summed E-state index contributed by atoms with van der Waals surface area (Å²) in [6.07, 6.45) is 2.01. The lowest BCUT2D eigenvalue weighted by molar-refractivity contribution is 0.395. The third-order valence-corrected chi connectivity index (χ3v) is 5.64. The molecule has 0 atom stereocenters. The van der Waals surface area contributed by atoms with E-state index >= 15 is 0 Å². The summed E-state index contributed by atoms with van der Waals surface area (Å²) in [7, 11) is 3.29. The minimum absolute atomic E-state index is 0.728. The highest BCUT2D eigenvalue weighted by atomic mass is 35.5. The molecule has 138 valence electrons. The molecule has 5 nitrogen and oxygen atoms in total. The van der Waals surface area contributed by atoms with Crippen LogP contribution in [-0.2, 0) is 5.75 Å². The van der Waals surface area contributed by atoms with Crippen molar-refractivity contribution in [2.75, 3.05) is 14.2 Å². The van der Waals surface area contributed by atoms with E-state index in [0.29, 0.717) is 0 Å². The summed E-state index contributed by atoms with van der Waals surface area (Å²) in [5.74, 6) is 2.25. The molecule has 0 unspecified atom stereocenters. The van der Waals surface area contributed by atoms with Crippen molar-refractivity contribution in [3.63, 3.8) is 0 Å². The maximum absolute atomic E-state index is 6.05. The molecule has 0 saturated carbocycles. The number of rotatable bonds is 6. The van der Waals surface area contributed by atoms with Gasteiger partial charge in [-0.15, -0.1) is 11.8 Å². The Morgan fingerprint density at radius 3 is 2.78 bits per heavy atom. The van der Waals surface area contributed by atoms with E-state index in [1.54, 1.807) is 26.0 Å². The molecule has 0 fully saturated rings. The van der Waals surface area contributed by atoms with Crippen LogP contribution in [0, 0.1) is 0 Å². The molecule has 0 amide bonds. The van der Waals surface area contributed by atoms with Crippen molar-refractivity contribution in [2.24, 2.45) is 0 Å². The third-order valence-electron chi connectivity index (χ3n) is 4.31. The lowest BCUT2D eigenvalue weighted by atomic mass is 10.1. The van der Waals surface area contributed by atoms with Gasteiger partial charge in [-0.25, -0.2) is 0 Å². The van der Waals surface area contributed by atoms with Gasteiger partial charge in [-0.2, -0.15) is 5.10 Å². The molecule has 0 aliphatic rings. The number of nitrogens with zero attached hydrogens (tertiary/aromatic N) is 1. The first-order valence-corrected chi connectivity index (χ1v) is 9.70. The Morgan fingerprint density at radius 1 is 1.07 bits per heavy atom. The van der Waals surface area contributed by atoms with Crippen LogP contribution in [0.25, 0.3) is 22.2 Å². The number of hydrogen-bond donors (Lipinski definition) is 2. The molecule has 0 bridgehead atoms. The molecule has 0 radical (unpaired) electrons. The summed E-state index contributed by atoms with van der Waals surface area (Å²) in [4.78, 5) is 4.43. The van der Waals surface area contributed by atoms with E-state index in [4.69, 9.17) is 21.1 Å². The first kappa shape index (κ1) is 17.8. The highest BCUT2D eigenvalue weighted by Crippen LogP contribution is 2.34. The number of fused-ring (bicyclic) bond motifs is 1. The van der Waals surface area contributed by atoms with E-state index in [1.165, 1.54) is 4.90 Å². The van der Waals surface area contributed by atoms with E-state index in [-0.39, 0.29) is 0 Å². The summed E-state index contributed by atoms with van der Waals surface area (Å²) in [5.41, 5.74) is 3.87. The van der Waals surface area contributed by atoms with E-state index < -0.39 is 0 Å². The van der Waals surface area contributed by atoms with E-state index in [2.05, 4.69) is 15.2 Å². The largest absolute Gasteiger partial charge is 0.497 e. The van der Waals surface area contributed by atoms with Gasteiger partial charge in [0.2, 0.25) is 0 Å².